The van der Waals surface area contributed by atoms with Crippen LogP contribution >= 0.6 is 0 Å². The van der Waals surface area contributed by atoms with Gasteiger partial charge in [-0.25, -0.2) is 4.98 Å². The molecule has 0 spiro atoms. The van der Waals surface area contributed by atoms with E-state index in [0.29, 0.717) is 31.6 Å². The summed E-state index contributed by atoms with van der Waals surface area (Å²) in [6, 6.07) is 1.65. The van der Waals surface area contributed by atoms with Crippen molar-refractivity contribution in [2.45, 2.75) is 31.9 Å². The third-order valence-electron chi connectivity index (χ3n) is 3.92. The largest absolute Gasteiger partial charge is 0.432 e. The van der Waals surface area contributed by atoms with E-state index >= 15 is 0 Å². The summed E-state index contributed by atoms with van der Waals surface area (Å²) in [5.41, 5.74) is 0.236. The van der Waals surface area contributed by atoms with Gasteiger partial charge >= 0.3 is 6.18 Å². The molecule has 1 amide bonds. The summed E-state index contributed by atoms with van der Waals surface area (Å²) in [6.07, 6.45) is -2.24. The Morgan fingerprint density at radius 1 is 1.43 bits per heavy atom. The van der Waals surface area contributed by atoms with Gasteiger partial charge in [-0.3, -0.25) is 9.89 Å². The molecule has 3 rings (SSSR count). The zero-order chi connectivity index (χ0) is 16.6. The Labute approximate surface area is 130 Å². The van der Waals surface area contributed by atoms with Gasteiger partial charge < -0.3 is 9.88 Å². The molecule has 23 heavy (non-hydrogen) atoms. The predicted molar refractivity (Wildman–Crippen MR) is 74.8 cm³/mol. The van der Waals surface area contributed by atoms with Crippen LogP contribution in [0.3, 0.4) is 0 Å². The maximum atomic E-state index is 12.6. The number of nitrogens with one attached hydrogen (secondary N) is 2. The van der Waals surface area contributed by atoms with Gasteiger partial charge in [0.05, 0.1) is 6.20 Å². The Hall–Kier alpha value is -2.32. The molecule has 1 aliphatic rings. The van der Waals surface area contributed by atoms with Crippen LogP contribution in [0.2, 0.25) is 0 Å². The zero-order valence-electron chi connectivity index (χ0n) is 12.4. The molecule has 6 nitrogen and oxygen atoms in total. The number of imidazole rings is 1. The molecule has 3 heterocycles. The SMILES string of the molecule is Cc1cc(C(=O)N2CCC[C@@H](c3ncc(C(F)(F)F)[nH]3)C2)n[nH]1. The van der Waals surface area contributed by atoms with Crippen molar-refractivity contribution in [3.8, 4) is 0 Å². The number of aryl methyl sites for hydroxylation is 1. The molecule has 0 radical (unpaired) electrons. The lowest BCUT2D eigenvalue weighted by atomic mass is 9.97. The topological polar surface area (TPSA) is 77.7 Å². The number of nitrogens with zero attached hydrogens (tertiary/aromatic N) is 3. The molecule has 1 aliphatic heterocycles. The van der Waals surface area contributed by atoms with E-state index < -0.39 is 11.9 Å². The van der Waals surface area contributed by atoms with Gasteiger partial charge in [-0.1, -0.05) is 0 Å². The molecule has 124 valence electrons. The third-order valence-corrected chi connectivity index (χ3v) is 3.92. The van der Waals surface area contributed by atoms with Crippen LogP contribution in [0, 0.1) is 6.92 Å². The fourth-order valence-corrected chi connectivity index (χ4v) is 2.76. The average Bonchev–Trinajstić information content (AvgIpc) is 3.15. The Morgan fingerprint density at radius 3 is 2.83 bits per heavy atom. The summed E-state index contributed by atoms with van der Waals surface area (Å²) in [5.74, 6) is -0.182. The maximum Gasteiger partial charge on any atom is 0.432 e. The molecule has 0 bridgehead atoms. The Bertz CT molecular complexity index is 705. The van der Waals surface area contributed by atoms with Crippen LogP contribution in [-0.2, 0) is 6.18 Å². The molecule has 2 aromatic heterocycles. The lowest BCUT2D eigenvalue weighted by Crippen LogP contribution is -2.39. The molecule has 0 unspecified atom stereocenters. The number of hydrogen-bond acceptors (Lipinski definition) is 3. The fourth-order valence-electron chi connectivity index (χ4n) is 2.76. The number of piperidine rings is 1. The first kappa shape index (κ1) is 15.6. The summed E-state index contributed by atoms with van der Waals surface area (Å²) >= 11 is 0. The van der Waals surface area contributed by atoms with Crippen molar-refractivity contribution in [1.82, 2.24) is 25.1 Å². The number of H-pyrrole nitrogens is 2. The highest BCUT2D eigenvalue weighted by Gasteiger charge is 2.35. The standard InChI is InChI=1S/C14H16F3N5O/c1-8-5-10(21-20-8)13(23)22-4-2-3-9(7-22)12-18-6-11(19-12)14(15,16)17/h5-6,9H,2-4,7H2,1H3,(H,18,19)(H,20,21)/t9-/m1/s1. The highest BCUT2D eigenvalue weighted by Crippen LogP contribution is 2.31. The molecule has 0 aromatic carbocycles. The van der Waals surface area contributed by atoms with E-state index in [-0.39, 0.29) is 17.6 Å². The van der Waals surface area contributed by atoms with Crippen molar-refractivity contribution in [2.24, 2.45) is 0 Å². The first-order chi connectivity index (χ1) is 10.8. The first-order valence-electron chi connectivity index (χ1n) is 7.28. The smallest absolute Gasteiger partial charge is 0.338 e. The quantitative estimate of drug-likeness (QED) is 0.889. The number of aromatic amines is 2. The van der Waals surface area contributed by atoms with Crippen LogP contribution < -0.4 is 0 Å². The second-order valence-electron chi connectivity index (χ2n) is 5.71. The molecular formula is C14H16F3N5O. The van der Waals surface area contributed by atoms with Crippen molar-refractivity contribution < 1.29 is 18.0 Å². The molecule has 0 aliphatic carbocycles. The minimum Gasteiger partial charge on any atom is -0.338 e. The van der Waals surface area contributed by atoms with E-state index in [1.807, 2.05) is 0 Å². The molecule has 1 saturated heterocycles. The number of carbonyl (C=O) groups excluding carboxylic acids is 1. The van der Waals surface area contributed by atoms with E-state index in [4.69, 9.17) is 0 Å². The molecule has 1 atom stereocenters. The summed E-state index contributed by atoms with van der Waals surface area (Å²) in [7, 11) is 0. The van der Waals surface area contributed by atoms with Crippen LogP contribution in [0.15, 0.2) is 12.3 Å². The van der Waals surface area contributed by atoms with Crippen molar-refractivity contribution in [1.29, 1.82) is 0 Å². The number of alkyl halides is 3. The number of likely N-dealkylation sites (tertiary alicyclic amines) is 1. The number of amides is 1. The van der Waals surface area contributed by atoms with Gasteiger partial charge in [-0.05, 0) is 25.8 Å². The van der Waals surface area contributed by atoms with Crippen LogP contribution in [0.1, 0.15) is 46.5 Å². The highest BCUT2D eigenvalue weighted by molar-refractivity contribution is 5.92. The first-order valence-corrected chi connectivity index (χ1v) is 7.28. The monoisotopic (exact) mass is 327 g/mol. The van der Waals surface area contributed by atoms with Crippen LogP contribution in [-0.4, -0.2) is 44.1 Å². The zero-order valence-corrected chi connectivity index (χ0v) is 12.4. The number of hydrogen-bond donors (Lipinski definition) is 2. The van der Waals surface area contributed by atoms with Gasteiger partial charge in [0.2, 0.25) is 0 Å². The van der Waals surface area contributed by atoms with Gasteiger partial charge in [0, 0.05) is 24.7 Å². The molecular weight excluding hydrogens is 311 g/mol. The number of carbonyl (C=O) groups is 1. The highest BCUT2D eigenvalue weighted by atomic mass is 19.4. The van der Waals surface area contributed by atoms with Crippen molar-refractivity contribution in [2.75, 3.05) is 13.1 Å². The van der Waals surface area contributed by atoms with E-state index in [0.717, 1.165) is 11.9 Å². The minimum atomic E-state index is -4.44. The van der Waals surface area contributed by atoms with Gasteiger partial charge in [0.1, 0.15) is 17.2 Å². The van der Waals surface area contributed by atoms with Crippen LogP contribution in [0.5, 0.6) is 0 Å². The Kier molecular flexibility index (Phi) is 3.87. The fraction of sp³-hybridized carbons (Fsp3) is 0.500. The van der Waals surface area contributed by atoms with Crippen molar-refractivity contribution >= 4 is 5.91 Å². The average molecular weight is 327 g/mol. The Morgan fingerprint density at radius 2 is 2.22 bits per heavy atom. The van der Waals surface area contributed by atoms with Crippen molar-refractivity contribution in [3.05, 3.63) is 35.2 Å². The summed E-state index contributed by atoms with van der Waals surface area (Å²) in [6.45, 7) is 2.69. The lowest BCUT2D eigenvalue weighted by Gasteiger charge is -2.31. The minimum absolute atomic E-state index is 0.221. The number of aromatic nitrogens is 4. The van der Waals surface area contributed by atoms with Gasteiger partial charge in [-0.15, -0.1) is 0 Å². The third kappa shape index (κ3) is 3.22. The number of rotatable bonds is 2. The van der Waals surface area contributed by atoms with Crippen LogP contribution in [0.25, 0.3) is 0 Å². The summed E-state index contributed by atoms with van der Waals surface area (Å²) in [4.78, 5) is 20.2. The van der Waals surface area contributed by atoms with Crippen LogP contribution in [0.4, 0.5) is 13.2 Å². The second kappa shape index (κ2) is 5.71. The molecule has 2 aromatic rings. The summed E-state index contributed by atoms with van der Waals surface area (Å²) < 4.78 is 37.9. The van der Waals surface area contributed by atoms with E-state index in [2.05, 4.69) is 20.2 Å². The molecule has 2 N–H and O–H groups in total. The summed E-state index contributed by atoms with van der Waals surface area (Å²) in [5, 5.41) is 6.65. The van der Waals surface area contributed by atoms with E-state index in [9.17, 15) is 18.0 Å². The molecule has 9 heteroatoms. The van der Waals surface area contributed by atoms with E-state index in [1.54, 1.807) is 17.9 Å². The maximum absolute atomic E-state index is 12.6. The van der Waals surface area contributed by atoms with Gasteiger partial charge in [-0.2, -0.15) is 18.3 Å². The van der Waals surface area contributed by atoms with E-state index in [1.165, 1.54) is 0 Å². The number of halogens is 3. The molecule has 1 fully saturated rings. The predicted octanol–water partition coefficient (Wildman–Crippen LogP) is 2.48. The second-order valence-corrected chi connectivity index (χ2v) is 5.71. The molecule has 0 saturated carbocycles. The Balaban J connectivity index is 1.73. The van der Waals surface area contributed by atoms with Gasteiger partial charge in [0.15, 0.2) is 0 Å². The lowest BCUT2D eigenvalue weighted by molar-refractivity contribution is -0.141. The normalized spacial score (nSPS) is 19.1. The van der Waals surface area contributed by atoms with Gasteiger partial charge in [0.25, 0.3) is 5.91 Å². The van der Waals surface area contributed by atoms with Crippen molar-refractivity contribution in [3.63, 3.8) is 0 Å².